The highest BCUT2D eigenvalue weighted by atomic mass is 35.5. The van der Waals surface area contributed by atoms with Crippen LogP contribution in [0.5, 0.6) is 0 Å². The Hall–Kier alpha value is -1.89. The van der Waals surface area contributed by atoms with Crippen LogP contribution in [0.3, 0.4) is 0 Å². The summed E-state index contributed by atoms with van der Waals surface area (Å²) in [5, 5.41) is 6.78. The van der Waals surface area contributed by atoms with Crippen molar-refractivity contribution >= 4 is 40.7 Å². The minimum atomic E-state index is -0.252. The van der Waals surface area contributed by atoms with Crippen LogP contribution in [0.25, 0.3) is 0 Å². The van der Waals surface area contributed by atoms with Gasteiger partial charge in [0.15, 0.2) is 0 Å². The van der Waals surface area contributed by atoms with Crippen molar-refractivity contribution < 1.29 is 9.53 Å². The second kappa shape index (κ2) is 7.99. The average Bonchev–Trinajstić information content (AvgIpc) is 3.09. The van der Waals surface area contributed by atoms with Crippen LogP contribution in [-0.4, -0.2) is 35.1 Å². The number of carbonyl (C=O) groups is 1. The summed E-state index contributed by atoms with van der Waals surface area (Å²) in [6.45, 7) is 3.04. The molecule has 1 saturated heterocycles. The minimum Gasteiger partial charge on any atom is -0.376 e. The van der Waals surface area contributed by atoms with E-state index in [2.05, 4.69) is 20.6 Å². The molecule has 1 unspecified atom stereocenters. The van der Waals surface area contributed by atoms with Gasteiger partial charge in [-0.1, -0.05) is 23.2 Å². The number of benzene rings is 1. The first-order valence-corrected chi connectivity index (χ1v) is 8.74. The van der Waals surface area contributed by atoms with Gasteiger partial charge in [-0.15, -0.1) is 0 Å². The molecule has 1 aliphatic rings. The SMILES string of the molecule is Cc1cc(C(=O)NCC2CCCO2)nc(Nc2ccc(Cl)c(Cl)c2)n1. The number of hydrogen-bond acceptors (Lipinski definition) is 5. The number of nitrogens with zero attached hydrogens (tertiary/aromatic N) is 2. The van der Waals surface area contributed by atoms with Crippen molar-refractivity contribution in [3.8, 4) is 0 Å². The maximum absolute atomic E-state index is 12.3. The molecule has 2 heterocycles. The molecular weight excluding hydrogens is 363 g/mol. The number of aryl methyl sites for hydroxylation is 1. The van der Waals surface area contributed by atoms with Gasteiger partial charge in [0.05, 0.1) is 16.1 Å². The van der Waals surface area contributed by atoms with Crippen LogP contribution in [0.15, 0.2) is 24.3 Å². The Kier molecular flexibility index (Phi) is 5.73. The van der Waals surface area contributed by atoms with Gasteiger partial charge in [-0.2, -0.15) is 0 Å². The zero-order valence-corrected chi connectivity index (χ0v) is 15.2. The van der Waals surface area contributed by atoms with E-state index in [-0.39, 0.29) is 12.0 Å². The summed E-state index contributed by atoms with van der Waals surface area (Å²) >= 11 is 11.9. The Morgan fingerprint density at radius 2 is 2.12 bits per heavy atom. The number of rotatable bonds is 5. The summed E-state index contributed by atoms with van der Waals surface area (Å²) in [6, 6.07) is 6.76. The van der Waals surface area contributed by atoms with Crippen LogP contribution in [0.2, 0.25) is 10.0 Å². The van der Waals surface area contributed by atoms with E-state index < -0.39 is 0 Å². The number of anilines is 2. The number of carbonyl (C=O) groups excluding carboxylic acids is 1. The Balaban J connectivity index is 1.70. The van der Waals surface area contributed by atoms with Crippen LogP contribution < -0.4 is 10.6 Å². The lowest BCUT2D eigenvalue weighted by Crippen LogP contribution is -2.32. The standard InChI is InChI=1S/C17H18Cl2N4O2/c1-10-7-15(16(24)20-9-12-3-2-6-25-12)23-17(21-10)22-11-4-5-13(18)14(19)8-11/h4-5,7-8,12H,2-3,6,9H2,1H3,(H,20,24)(H,21,22,23). The molecule has 1 fully saturated rings. The predicted molar refractivity (Wildman–Crippen MR) is 97.8 cm³/mol. The van der Waals surface area contributed by atoms with Gasteiger partial charge in [0.1, 0.15) is 5.69 Å². The maximum Gasteiger partial charge on any atom is 0.270 e. The van der Waals surface area contributed by atoms with Gasteiger partial charge in [0.25, 0.3) is 5.91 Å². The summed E-state index contributed by atoms with van der Waals surface area (Å²) in [5.74, 6) is 0.0684. The molecule has 2 N–H and O–H groups in total. The number of nitrogens with one attached hydrogen (secondary N) is 2. The molecule has 0 aliphatic carbocycles. The molecule has 3 rings (SSSR count). The molecule has 8 heteroatoms. The largest absolute Gasteiger partial charge is 0.376 e. The summed E-state index contributed by atoms with van der Waals surface area (Å²) in [6.07, 6.45) is 2.08. The minimum absolute atomic E-state index is 0.0840. The molecule has 1 aliphatic heterocycles. The van der Waals surface area contributed by atoms with Gasteiger partial charge < -0.3 is 15.4 Å². The average molecular weight is 381 g/mol. The summed E-state index contributed by atoms with van der Waals surface area (Å²) < 4.78 is 5.50. The van der Waals surface area contributed by atoms with Gasteiger partial charge in [-0.25, -0.2) is 9.97 Å². The fourth-order valence-electron chi connectivity index (χ4n) is 2.55. The maximum atomic E-state index is 12.3. The number of aromatic nitrogens is 2. The van der Waals surface area contributed by atoms with Crippen LogP contribution in [0.4, 0.5) is 11.6 Å². The number of amides is 1. The van der Waals surface area contributed by atoms with Gasteiger partial charge in [0, 0.05) is 24.5 Å². The molecule has 2 aromatic rings. The third-order valence-electron chi connectivity index (χ3n) is 3.78. The second-order valence-corrected chi connectivity index (χ2v) is 6.63. The molecule has 1 amide bonds. The van der Waals surface area contributed by atoms with Crippen molar-refractivity contribution in [3.05, 3.63) is 45.7 Å². The van der Waals surface area contributed by atoms with Crippen LogP contribution in [0.1, 0.15) is 29.0 Å². The molecule has 0 bridgehead atoms. The van der Waals surface area contributed by atoms with Crippen molar-refractivity contribution in [3.63, 3.8) is 0 Å². The molecular formula is C17H18Cl2N4O2. The monoisotopic (exact) mass is 380 g/mol. The lowest BCUT2D eigenvalue weighted by atomic mass is 10.2. The van der Waals surface area contributed by atoms with Crippen molar-refractivity contribution in [2.75, 3.05) is 18.5 Å². The van der Waals surface area contributed by atoms with Crippen molar-refractivity contribution in [1.82, 2.24) is 15.3 Å². The van der Waals surface area contributed by atoms with Crippen LogP contribution in [-0.2, 0) is 4.74 Å². The van der Waals surface area contributed by atoms with E-state index in [0.29, 0.717) is 39.6 Å². The Morgan fingerprint density at radius 3 is 2.84 bits per heavy atom. The quantitative estimate of drug-likeness (QED) is 0.825. The fraction of sp³-hybridized carbons (Fsp3) is 0.353. The number of ether oxygens (including phenoxy) is 1. The van der Waals surface area contributed by atoms with E-state index in [1.165, 1.54) is 0 Å². The Bertz CT molecular complexity index is 779. The van der Waals surface area contributed by atoms with Gasteiger partial charge in [-0.3, -0.25) is 4.79 Å². The van der Waals surface area contributed by atoms with Gasteiger partial charge in [0.2, 0.25) is 5.95 Å². The highest BCUT2D eigenvalue weighted by Gasteiger charge is 2.18. The first-order chi connectivity index (χ1) is 12.0. The second-order valence-electron chi connectivity index (χ2n) is 5.82. The predicted octanol–water partition coefficient (Wildman–Crippen LogP) is 3.74. The smallest absolute Gasteiger partial charge is 0.270 e. The molecule has 1 aromatic heterocycles. The molecule has 0 spiro atoms. The Labute approximate surface area is 155 Å². The number of hydrogen-bond donors (Lipinski definition) is 2. The lowest BCUT2D eigenvalue weighted by Gasteiger charge is -2.12. The third-order valence-corrected chi connectivity index (χ3v) is 4.52. The summed E-state index contributed by atoms with van der Waals surface area (Å²) in [5.41, 5.74) is 1.67. The van der Waals surface area contributed by atoms with E-state index in [1.54, 1.807) is 31.2 Å². The molecule has 132 valence electrons. The highest BCUT2D eigenvalue weighted by Crippen LogP contribution is 2.26. The first-order valence-electron chi connectivity index (χ1n) is 7.99. The van der Waals surface area contributed by atoms with E-state index in [4.69, 9.17) is 27.9 Å². The topological polar surface area (TPSA) is 76.1 Å². The van der Waals surface area contributed by atoms with E-state index >= 15 is 0 Å². The summed E-state index contributed by atoms with van der Waals surface area (Å²) in [4.78, 5) is 20.9. The molecule has 0 radical (unpaired) electrons. The number of halogens is 2. The molecule has 1 atom stereocenters. The lowest BCUT2D eigenvalue weighted by molar-refractivity contribution is 0.0853. The molecule has 1 aromatic carbocycles. The van der Waals surface area contributed by atoms with Gasteiger partial charge in [-0.05, 0) is 44.0 Å². The van der Waals surface area contributed by atoms with Crippen molar-refractivity contribution in [2.24, 2.45) is 0 Å². The van der Waals surface area contributed by atoms with Gasteiger partial charge >= 0.3 is 0 Å². The normalized spacial score (nSPS) is 16.7. The van der Waals surface area contributed by atoms with Crippen molar-refractivity contribution in [1.29, 1.82) is 0 Å². The van der Waals surface area contributed by atoms with Crippen LogP contribution >= 0.6 is 23.2 Å². The first kappa shape index (κ1) is 17.9. The van der Waals surface area contributed by atoms with E-state index in [1.807, 2.05) is 0 Å². The summed E-state index contributed by atoms with van der Waals surface area (Å²) in [7, 11) is 0. The molecule has 25 heavy (non-hydrogen) atoms. The van der Waals surface area contributed by atoms with Crippen molar-refractivity contribution in [2.45, 2.75) is 25.9 Å². The van der Waals surface area contributed by atoms with E-state index in [0.717, 1.165) is 19.4 Å². The van der Waals surface area contributed by atoms with E-state index in [9.17, 15) is 4.79 Å². The molecule has 0 saturated carbocycles. The fourth-order valence-corrected chi connectivity index (χ4v) is 2.84. The van der Waals surface area contributed by atoms with Crippen LogP contribution in [0, 0.1) is 6.92 Å². The zero-order valence-electron chi connectivity index (χ0n) is 13.7. The Morgan fingerprint density at radius 1 is 1.28 bits per heavy atom. The third kappa shape index (κ3) is 4.81. The zero-order chi connectivity index (χ0) is 17.8. The molecule has 6 nitrogen and oxygen atoms in total. The highest BCUT2D eigenvalue weighted by molar-refractivity contribution is 6.42.